The van der Waals surface area contributed by atoms with Crippen LogP contribution in [0.5, 0.6) is 0 Å². The van der Waals surface area contributed by atoms with Crippen LogP contribution in [0.25, 0.3) is 0 Å². The second-order valence-electron chi connectivity index (χ2n) is 4.54. The Labute approximate surface area is 109 Å². The molecule has 1 aromatic heterocycles. The van der Waals surface area contributed by atoms with E-state index in [1.165, 1.54) is 13.4 Å². The normalized spacial score (nSPS) is 12.7. The van der Waals surface area contributed by atoms with E-state index in [1.54, 1.807) is 6.07 Å². The Kier molecular flexibility index (Phi) is 5.92. The van der Waals surface area contributed by atoms with Crippen LogP contribution in [0.3, 0.4) is 0 Å². The van der Waals surface area contributed by atoms with E-state index in [-0.39, 0.29) is 5.97 Å². The molecular weight excluding hydrogens is 230 g/mol. The molecule has 4 heteroatoms. The third-order valence-corrected chi connectivity index (χ3v) is 3.43. The predicted octanol–water partition coefficient (Wildman–Crippen LogP) is 2.98. The lowest BCUT2D eigenvalue weighted by atomic mass is 9.95. The van der Waals surface area contributed by atoms with Crippen molar-refractivity contribution >= 4 is 5.97 Å². The van der Waals surface area contributed by atoms with E-state index in [0.717, 1.165) is 18.6 Å². The van der Waals surface area contributed by atoms with Gasteiger partial charge in [0, 0.05) is 6.04 Å². The molecule has 0 bridgehead atoms. The van der Waals surface area contributed by atoms with Gasteiger partial charge in [0.2, 0.25) is 0 Å². The first-order valence-corrected chi connectivity index (χ1v) is 6.51. The fourth-order valence-corrected chi connectivity index (χ4v) is 2.12. The lowest BCUT2D eigenvalue weighted by Crippen LogP contribution is -2.32. The molecule has 0 fully saturated rings. The van der Waals surface area contributed by atoms with Crippen LogP contribution in [-0.2, 0) is 11.3 Å². The Balaban J connectivity index is 2.48. The van der Waals surface area contributed by atoms with Gasteiger partial charge in [-0.15, -0.1) is 0 Å². The van der Waals surface area contributed by atoms with E-state index in [0.29, 0.717) is 24.1 Å². The summed E-state index contributed by atoms with van der Waals surface area (Å²) >= 11 is 0. The molecule has 1 atom stereocenters. The van der Waals surface area contributed by atoms with Crippen molar-refractivity contribution in [1.29, 1.82) is 0 Å². The van der Waals surface area contributed by atoms with Crippen LogP contribution in [-0.4, -0.2) is 19.1 Å². The molecule has 0 amide bonds. The summed E-state index contributed by atoms with van der Waals surface area (Å²) < 4.78 is 9.95. The minimum absolute atomic E-state index is 0.363. The number of hydrogen-bond donors (Lipinski definition) is 1. The molecular formula is C14H23NO3. The predicted molar refractivity (Wildman–Crippen MR) is 70.4 cm³/mol. The molecule has 102 valence electrons. The molecule has 1 rings (SSSR count). The number of carbonyl (C=O) groups is 1. The molecule has 0 saturated carbocycles. The van der Waals surface area contributed by atoms with Crippen molar-refractivity contribution in [2.24, 2.45) is 5.92 Å². The summed E-state index contributed by atoms with van der Waals surface area (Å²) in [6.45, 7) is 7.22. The number of rotatable bonds is 7. The van der Waals surface area contributed by atoms with Crippen LogP contribution >= 0.6 is 0 Å². The average Bonchev–Trinajstić information content (AvgIpc) is 2.85. The fraction of sp³-hybridized carbons (Fsp3) is 0.643. The highest BCUT2D eigenvalue weighted by Crippen LogP contribution is 2.14. The Hall–Kier alpha value is -1.29. The summed E-state index contributed by atoms with van der Waals surface area (Å²) in [6, 6.07) is 2.16. The van der Waals surface area contributed by atoms with Crippen molar-refractivity contribution < 1.29 is 13.9 Å². The molecule has 0 aliphatic rings. The highest BCUT2D eigenvalue weighted by atomic mass is 16.5. The second-order valence-corrected chi connectivity index (χ2v) is 4.54. The third-order valence-electron chi connectivity index (χ3n) is 3.43. The van der Waals surface area contributed by atoms with Gasteiger partial charge in [-0.2, -0.15) is 0 Å². The van der Waals surface area contributed by atoms with Crippen molar-refractivity contribution in [2.45, 2.75) is 46.2 Å². The summed E-state index contributed by atoms with van der Waals surface area (Å²) in [5.41, 5.74) is 0.462. The zero-order chi connectivity index (χ0) is 13.5. The lowest BCUT2D eigenvalue weighted by molar-refractivity contribution is 0.0600. The zero-order valence-electron chi connectivity index (χ0n) is 11.7. The van der Waals surface area contributed by atoms with E-state index in [2.05, 4.69) is 30.8 Å². The van der Waals surface area contributed by atoms with E-state index < -0.39 is 0 Å². The minimum Gasteiger partial charge on any atom is -0.467 e. The van der Waals surface area contributed by atoms with Crippen LogP contribution < -0.4 is 5.32 Å². The molecule has 1 N–H and O–H groups in total. The number of methoxy groups -OCH3 is 1. The maximum atomic E-state index is 11.3. The van der Waals surface area contributed by atoms with Gasteiger partial charge in [-0.05, 0) is 18.9 Å². The van der Waals surface area contributed by atoms with Crippen molar-refractivity contribution in [3.8, 4) is 0 Å². The fourth-order valence-electron chi connectivity index (χ4n) is 2.12. The van der Waals surface area contributed by atoms with E-state index in [9.17, 15) is 4.79 Å². The molecule has 4 nitrogen and oxygen atoms in total. The average molecular weight is 253 g/mol. The van der Waals surface area contributed by atoms with Gasteiger partial charge >= 0.3 is 5.97 Å². The summed E-state index contributed by atoms with van der Waals surface area (Å²) in [5, 5.41) is 3.43. The number of esters is 1. The minimum atomic E-state index is -0.363. The van der Waals surface area contributed by atoms with Gasteiger partial charge in [-0.1, -0.05) is 26.7 Å². The van der Waals surface area contributed by atoms with Gasteiger partial charge in [0.15, 0.2) is 0 Å². The molecule has 0 saturated heterocycles. The van der Waals surface area contributed by atoms with Gasteiger partial charge < -0.3 is 14.5 Å². The summed E-state index contributed by atoms with van der Waals surface area (Å²) in [5.74, 6) is 1.06. The van der Waals surface area contributed by atoms with Crippen molar-refractivity contribution in [3.63, 3.8) is 0 Å². The van der Waals surface area contributed by atoms with Gasteiger partial charge in [0.25, 0.3) is 0 Å². The molecule has 0 aliphatic heterocycles. The number of furan rings is 1. The first kappa shape index (κ1) is 14.8. The summed E-state index contributed by atoms with van der Waals surface area (Å²) in [7, 11) is 1.36. The lowest BCUT2D eigenvalue weighted by Gasteiger charge is -2.21. The quantitative estimate of drug-likeness (QED) is 0.759. The van der Waals surface area contributed by atoms with E-state index in [4.69, 9.17) is 4.42 Å². The molecule has 0 spiro atoms. The number of ether oxygens (including phenoxy) is 1. The van der Waals surface area contributed by atoms with Crippen LogP contribution in [0.2, 0.25) is 0 Å². The van der Waals surface area contributed by atoms with Crippen LogP contribution in [0.15, 0.2) is 16.7 Å². The summed E-state index contributed by atoms with van der Waals surface area (Å²) in [4.78, 5) is 11.3. The Morgan fingerprint density at radius 2 is 2.11 bits per heavy atom. The van der Waals surface area contributed by atoms with Gasteiger partial charge in [0.05, 0.1) is 19.2 Å². The smallest absolute Gasteiger partial charge is 0.341 e. The van der Waals surface area contributed by atoms with Gasteiger partial charge in [-0.25, -0.2) is 4.79 Å². The number of hydrogen-bond acceptors (Lipinski definition) is 4. The van der Waals surface area contributed by atoms with Crippen LogP contribution in [0.1, 0.15) is 49.7 Å². The molecule has 1 heterocycles. The standard InChI is InChI=1S/C14H23NO3/c1-5-11(6-2)10(3)15-8-13-7-12(9-18-13)14(16)17-4/h7,9-11,15H,5-6,8H2,1-4H3. The molecule has 1 aromatic rings. The molecule has 0 aromatic carbocycles. The molecule has 1 unspecified atom stereocenters. The Morgan fingerprint density at radius 1 is 1.44 bits per heavy atom. The van der Waals surface area contributed by atoms with Crippen LogP contribution in [0.4, 0.5) is 0 Å². The second kappa shape index (κ2) is 7.21. The van der Waals surface area contributed by atoms with Crippen LogP contribution in [0, 0.1) is 5.92 Å². The van der Waals surface area contributed by atoms with Crippen molar-refractivity contribution in [3.05, 3.63) is 23.7 Å². The highest BCUT2D eigenvalue weighted by molar-refractivity contribution is 5.88. The Morgan fingerprint density at radius 3 is 2.67 bits per heavy atom. The largest absolute Gasteiger partial charge is 0.467 e. The Bertz CT molecular complexity index is 369. The van der Waals surface area contributed by atoms with E-state index in [1.807, 2.05) is 0 Å². The van der Waals surface area contributed by atoms with E-state index >= 15 is 0 Å². The third kappa shape index (κ3) is 3.88. The number of carbonyl (C=O) groups excluding carboxylic acids is 1. The monoisotopic (exact) mass is 253 g/mol. The molecule has 0 aliphatic carbocycles. The molecule has 18 heavy (non-hydrogen) atoms. The molecule has 0 radical (unpaired) electrons. The SMILES string of the molecule is CCC(CC)C(C)NCc1cc(C(=O)OC)co1. The highest BCUT2D eigenvalue weighted by Gasteiger charge is 2.14. The van der Waals surface area contributed by atoms with Crippen molar-refractivity contribution in [2.75, 3.05) is 7.11 Å². The zero-order valence-corrected chi connectivity index (χ0v) is 11.7. The van der Waals surface area contributed by atoms with Crippen molar-refractivity contribution in [1.82, 2.24) is 5.32 Å². The van der Waals surface area contributed by atoms with Gasteiger partial charge in [-0.3, -0.25) is 0 Å². The maximum absolute atomic E-state index is 11.3. The number of nitrogens with one attached hydrogen (secondary N) is 1. The first-order valence-electron chi connectivity index (χ1n) is 6.51. The first-order chi connectivity index (χ1) is 8.62. The topological polar surface area (TPSA) is 51.5 Å². The maximum Gasteiger partial charge on any atom is 0.341 e. The van der Waals surface area contributed by atoms with Gasteiger partial charge in [0.1, 0.15) is 12.0 Å². The summed E-state index contributed by atoms with van der Waals surface area (Å²) in [6.07, 6.45) is 3.76.